The molecule has 1 aliphatic rings. The molecule has 3 amide bonds. The molecule has 0 radical (unpaired) electrons. The van der Waals surface area contributed by atoms with Crippen molar-refractivity contribution in [1.29, 1.82) is 0 Å². The number of hydrogen-bond acceptors (Lipinski definition) is 10. The van der Waals surface area contributed by atoms with E-state index in [1.165, 1.54) is 6.07 Å². The molecule has 15 heteroatoms. The highest BCUT2D eigenvalue weighted by Crippen LogP contribution is 2.39. The number of nitrogens with zero attached hydrogens (tertiary/aromatic N) is 4. The second-order valence-electron chi connectivity index (χ2n) is 11.0. The van der Waals surface area contributed by atoms with Crippen molar-refractivity contribution in [2.75, 3.05) is 49.8 Å². The van der Waals surface area contributed by atoms with Gasteiger partial charge in [0.25, 0.3) is 5.91 Å². The number of nitrogens with two attached hydrogens (primary N) is 3. The number of benzene rings is 2. The molecule has 0 saturated heterocycles. The van der Waals surface area contributed by atoms with Gasteiger partial charge >= 0.3 is 0 Å². The van der Waals surface area contributed by atoms with Crippen molar-refractivity contribution in [1.82, 2.24) is 19.3 Å². The summed E-state index contributed by atoms with van der Waals surface area (Å²) in [4.78, 5) is 41.9. The van der Waals surface area contributed by atoms with Crippen LogP contribution in [-0.4, -0.2) is 70.5 Å². The summed E-state index contributed by atoms with van der Waals surface area (Å²) in [5.74, 6) is -0.366. The van der Waals surface area contributed by atoms with Crippen LogP contribution < -0.4 is 37.3 Å². The molecule has 15 nitrogen and oxygen atoms in total. The standard InChI is InChI=1S/C31H39N9O6/c1-4-39-23(11-17(2)38-39)30(43)37-31-36-22-13-19(29(34)42)15-25-27(22)40(31)20(16-46-25)7-5-8-35-26-21(32)12-18(28(33)41)14-24(26)45-10-6-9-44-3/h11-15,20,35H,4-10,16,32H2,1-3H3,(H2,33,41)(H2,34,42)(H,36,37,43)/t20-/m0/s1. The van der Waals surface area contributed by atoms with Gasteiger partial charge in [-0.3, -0.25) is 24.4 Å². The molecular weight excluding hydrogens is 594 g/mol. The zero-order chi connectivity index (χ0) is 33.0. The number of anilines is 3. The number of carbonyl (C=O) groups is 3. The quantitative estimate of drug-likeness (QED) is 0.0952. The molecule has 244 valence electrons. The number of rotatable bonds is 15. The summed E-state index contributed by atoms with van der Waals surface area (Å²) in [6.07, 6.45) is 1.95. The molecule has 1 atom stereocenters. The van der Waals surface area contributed by atoms with E-state index in [0.29, 0.717) is 91.1 Å². The van der Waals surface area contributed by atoms with E-state index < -0.39 is 11.8 Å². The number of amides is 3. The molecule has 0 spiro atoms. The SMILES string of the molecule is CCn1nc(C)cc1C(=O)Nc1nc2cc(C(N)=O)cc3c2n1[C@@H](CCCNc1c(N)cc(C(N)=O)cc1OCCCOC)CO3. The van der Waals surface area contributed by atoms with E-state index in [1.807, 2.05) is 18.4 Å². The minimum Gasteiger partial charge on any atom is -0.491 e. The van der Waals surface area contributed by atoms with E-state index in [1.54, 1.807) is 36.1 Å². The summed E-state index contributed by atoms with van der Waals surface area (Å²) < 4.78 is 20.7. The molecule has 0 aliphatic carbocycles. The van der Waals surface area contributed by atoms with Crippen molar-refractivity contribution in [3.63, 3.8) is 0 Å². The number of primary amides is 2. The molecule has 1 aliphatic heterocycles. The van der Waals surface area contributed by atoms with Gasteiger partial charge in [0.2, 0.25) is 17.8 Å². The van der Waals surface area contributed by atoms with Crippen molar-refractivity contribution in [2.24, 2.45) is 11.5 Å². The first-order valence-corrected chi connectivity index (χ1v) is 15.0. The number of nitrogen functional groups attached to an aromatic ring is 1. The maximum atomic E-state index is 13.4. The lowest BCUT2D eigenvalue weighted by Gasteiger charge is -2.27. The van der Waals surface area contributed by atoms with E-state index in [2.05, 4.69) is 20.7 Å². The Morgan fingerprint density at radius 1 is 1.07 bits per heavy atom. The Hall–Kier alpha value is -5.31. The van der Waals surface area contributed by atoms with Crippen LogP contribution in [0.25, 0.3) is 11.0 Å². The molecule has 0 saturated carbocycles. The first-order valence-electron chi connectivity index (χ1n) is 15.0. The van der Waals surface area contributed by atoms with Crippen molar-refractivity contribution in [3.8, 4) is 11.5 Å². The molecule has 4 aromatic rings. The van der Waals surface area contributed by atoms with Gasteiger partial charge in [-0.25, -0.2) is 4.98 Å². The fourth-order valence-corrected chi connectivity index (χ4v) is 5.52. The third-order valence-electron chi connectivity index (χ3n) is 7.67. The predicted molar refractivity (Wildman–Crippen MR) is 172 cm³/mol. The fraction of sp³-hybridized carbons (Fsp3) is 0.387. The van der Waals surface area contributed by atoms with Crippen molar-refractivity contribution in [3.05, 3.63) is 52.8 Å². The molecule has 2 aromatic heterocycles. The van der Waals surface area contributed by atoms with E-state index in [9.17, 15) is 14.4 Å². The number of imidazole rings is 1. The van der Waals surface area contributed by atoms with Crippen LogP contribution >= 0.6 is 0 Å². The molecule has 0 unspecified atom stereocenters. The van der Waals surface area contributed by atoms with Crippen molar-refractivity contribution < 1.29 is 28.6 Å². The minimum atomic E-state index is -0.609. The van der Waals surface area contributed by atoms with Crippen LogP contribution in [0.4, 0.5) is 17.3 Å². The van der Waals surface area contributed by atoms with Gasteiger partial charge in [-0.2, -0.15) is 5.10 Å². The molecule has 5 rings (SSSR count). The largest absolute Gasteiger partial charge is 0.491 e. The lowest BCUT2D eigenvalue weighted by Crippen LogP contribution is -2.26. The Kier molecular flexibility index (Phi) is 9.61. The van der Waals surface area contributed by atoms with E-state index >= 15 is 0 Å². The molecule has 46 heavy (non-hydrogen) atoms. The summed E-state index contributed by atoms with van der Waals surface area (Å²) in [5.41, 5.74) is 21.0. The number of hydrogen-bond donors (Lipinski definition) is 5. The van der Waals surface area contributed by atoms with Gasteiger partial charge in [0.05, 0.1) is 29.5 Å². The lowest BCUT2D eigenvalue weighted by atomic mass is 10.1. The molecule has 0 bridgehead atoms. The second-order valence-corrected chi connectivity index (χ2v) is 11.0. The summed E-state index contributed by atoms with van der Waals surface area (Å²) in [5, 5.41) is 10.7. The second kappa shape index (κ2) is 13.8. The first-order chi connectivity index (χ1) is 22.1. The van der Waals surface area contributed by atoms with Crippen LogP contribution in [0.15, 0.2) is 30.3 Å². The lowest BCUT2D eigenvalue weighted by molar-refractivity contribution is 0.0991. The number of methoxy groups -OCH3 is 1. The fourth-order valence-electron chi connectivity index (χ4n) is 5.52. The zero-order valence-corrected chi connectivity index (χ0v) is 26.1. The Morgan fingerprint density at radius 2 is 1.83 bits per heavy atom. The number of carbonyl (C=O) groups excluding carboxylic acids is 3. The van der Waals surface area contributed by atoms with Crippen LogP contribution in [0, 0.1) is 6.92 Å². The summed E-state index contributed by atoms with van der Waals surface area (Å²) >= 11 is 0. The van der Waals surface area contributed by atoms with Crippen LogP contribution in [-0.2, 0) is 11.3 Å². The van der Waals surface area contributed by atoms with Crippen molar-refractivity contribution in [2.45, 2.75) is 45.7 Å². The summed E-state index contributed by atoms with van der Waals surface area (Å²) in [7, 11) is 1.61. The van der Waals surface area contributed by atoms with Crippen LogP contribution in [0.5, 0.6) is 11.5 Å². The normalized spacial score (nSPS) is 13.8. The van der Waals surface area contributed by atoms with Gasteiger partial charge in [-0.15, -0.1) is 0 Å². The number of aromatic nitrogens is 4. The van der Waals surface area contributed by atoms with Crippen molar-refractivity contribution >= 4 is 46.1 Å². The Labute approximate surface area is 265 Å². The van der Waals surface area contributed by atoms with Gasteiger partial charge < -0.3 is 41.3 Å². The van der Waals surface area contributed by atoms with Gasteiger partial charge in [-0.05, 0) is 57.0 Å². The maximum absolute atomic E-state index is 13.4. The predicted octanol–water partition coefficient (Wildman–Crippen LogP) is 2.83. The monoisotopic (exact) mass is 633 g/mol. The number of aryl methyl sites for hydroxylation is 2. The zero-order valence-electron chi connectivity index (χ0n) is 26.1. The van der Waals surface area contributed by atoms with E-state index in [-0.39, 0.29) is 29.7 Å². The number of ether oxygens (including phenoxy) is 3. The van der Waals surface area contributed by atoms with Gasteiger partial charge in [0.15, 0.2) is 0 Å². The smallest absolute Gasteiger partial charge is 0.276 e. The van der Waals surface area contributed by atoms with E-state index in [4.69, 9.17) is 31.4 Å². The first kappa shape index (κ1) is 32.1. The van der Waals surface area contributed by atoms with Gasteiger partial charge in [0.1, 0.15) is 35.0 Å². The van der Waals surface area contributed by atoms with Crippen LogP contribution in [0.3, 0.4) is 0 Å². The van der Waals surface area contributed by atoms with Crippen LogP contribution in [0.1, 0.15) is 69.1 Å². The molecule has 2 aromatic carbocycles. The number of nitrogens with one attached hydrogen (secondary N) is 2. The highest BCUT2D eigenvalue weighted by atomic mass is 16.5. The summed E-state index contributed by atoms with van der Waals surface area (Å²) in [6.45, 7) is 5.93. The Balaban J connectivity index is 1.37. The average Bonchev–Trinajstić information content (AvgIpc) is 3.59. The topological polar surface area (TPSA) is 217 Å². The third-order valence-corrected chi connectivity index (χ3v) is 7.67. The maximum Gasteiger partial charge on any atom is 0.276 e. The Bertz CT molecular complexity index is 1780. The van der Waals surface area contributed by atoms with Gasteiger partial charge in [0, 0.05) is 44.4 Å². The van der Waals surface area contributed by atoms with E-state index in [0.717, 1.165) is 5.69 Å². The molecule has 8 N–H and O–H groups in total. The summed E-state index contributed by atoms with van der Waals surface area (Å²) in [6, 6.07) is 7.79. The minimum absolute atomic E-state index is 0.203. The third kappa shape index (κ3) is 6.68. The molecule has 0 fully saturated rings. The molecule has 3 heterocycles. The average molecular weight is 634 g/mol. The highest BCUT2D eigenvalue weighted by molar-refractivity contribution is 6.04. The Morgan fingerprint density at radius 3 is 2.54 bits per heavy atom. The van der Waals surface area contributed by atoms with Crippen LogP contribution in [0.2, 0.25) is 0 Å². The van der Waals surface area contributed by atoms with Gasteiger partial charge in [-0.1, -0.05) is 0 Å². The molecular formula is C31H39N9O6. The highest BCUT2D eigenvalue weighted by Gasteiger charge is 2.29.